The van der Waals surface area contributed by atoms with Crippen LogP contribution in [0, 0.1) is 5.92 Å². The summed E-state index contributed by atoms with van der Waals surface area (Å²) < 4.78 is 0. The lowest BCUT2D eigenvalue weighted by molar-refractivity contribution is 0.194. The van der Waals surface area contributed by atoms with E-state index in [1.54, 1.807) is 0 Å². The number of hydrogen-bond acceptors (Lipinski definition) is 1. The number of rotatable bonds is 1. The Labute approximate surface area is 62.1 Å². The van der Waals surface area contributed by atoms with E-state index in [1.165, 1.54) is 5.57 Å². The molecule has 0 aliphatic heterocycles. The minimum absolute atomic E-state index is 0.232. The largest absolute Gasteiger partial charge is 0.389 e. The molecule has 0 bridgehead atoms. The van der Waals surface area contributed by atoms with Crippen LogP contribution in [0.3, 0.4) is 0 Å². The monoisotopic (exact) mass is 138 g/mol. The van der Waals surface area contributed by atoms with Crippen LogP contribution in [0.2, 0.25) is 0 Å². The van der Waals surface area contributed by atoms with Crippen LogP contribution in [-0.4, -0.2) is 11.2 Å². The van der Waals surface area contributed by atoms with E-state index in [2.05, 4.69) is 13.5 Å². The van der Waals surface area contributed by atoms with Crippen molar-refractivity contribution < 1.29 is 5.11 Å². The molecule has 1 aliphatic rings. The molecular formula is C9H14O. The normalized spacial score (nSPS) is 33.2. The van der Waals surface area contributed by atoms with Crippen LogP contribution >= 0.6 is 0 Å². The zero-order valence-corrected chi connectivity index (χ0v) is 6.38. The Kier molecular flexibility index (Phi) is 2.28. The highest BCUT2D eigenvalue weighted by Crippen LogP contribution is 2.24. The molecule has 0 unspecified atom stereocenters. The van der Waals surface area contributed by atoms with Crippen LogP contribution in [0.5, 0.6) is 0 Å². The lowest BCUT2D eigenvalue weighted by Crippen LogP contribution is -2.14. The Bertz CT molecular complexity index is 158. The van der Waals surface area contributed by atoms with Gasteiger partial charge < -0.3 is 5.11 Å². The average molecular weight is 138 g/mol. The van der Waals surface area contributed by atoms with Crippen molar-refractivity contribution in [1.29, 1.82) is 0 Å². The van der Waals surface area contributed by atoms with E-state index in [-0.39, 0.29) is 6.10 Å². The highest BCUT2D eigenvalue weighted by molar-refractivity contribution is 5.22. The van der Waals surface area contributed by atoms with Gasteiger partial charge in [0, 0.05) is 0 Å². The van der Waals surface area contributed by atoms with E-state index >= 15 is 0 Å². The van der Waals surface area contributed by atoms with Crippen LogP contribution in [0.1, 0.15) is 19.8 Å². The standard InChI is InChI=1S/C9H14O/c1-3-8-6-9(10)5-4-7(8)2/h3,6-7,9-10H,1,4-5H2,2H3/t7-,9-/m1/s1. The van der Waals surface area contributed by atoms with Crippen LogP contribution < -0.4 is 0 Å². The fraction of sp³-hybridized carbons (Fsp3) is 0.556. The molecule has 2 atom stereocenters. The molecule has 0 heterocycles. The van der Waals surface area contributed by atoms with Gasteiger partial charge in [0.2, 0.25) is 0 Å². The zero-order chi connectivity index (χ0) is 7.56. The SMILES string of the molecule is C=CC1=C[C@H](O)CC[C@H]1C. The van der Waals surface area contributed by atoms with Crippen molar-refractivity contribution in [3.05, 3.63) is 24.3 Å². The summed E-state index contributed by atoms with van der Waals surface area (Å²) in [4.78, 5) is 0. The van der Waals surface area contributed by atoms with Gasteiger partial charge in [-0.1, -0.05) is 25.7 Å². The predicted molar refractivity (Wildman–Crippen MR) is 42.7 cm³/mol. The van der Waals surface area contributed by atoms with Crippen LogP contribution in [0.25, 0.3) is 0 Å². The summed E-state index contributed by atoms with van der Waals surface area (Å²) >= 11 is 0. The van der Waals surface area contributed by atoms with Crippen molar-refractivity contribution in [2.75, 3.05) is 0 Å². The molecule has 0 fully saturated rings. The van der Waals surface area contributed by atoms with Crippen molar-refractivity contribution in [3.63, 3.8) is 0 Å². The quantitative estimate of drug-likeness (QED) is 0.586. The Morgan fingerprint density at radius 3 is 2.90 bits per heavy atom. The maximum atomic E-state index is 9.20. The van der Waals surface area contributed by atoms with Gasteiger partial charge in [-0.15, -0.1) is 0 Å². The average Bonchev–Trinajstić information content (AvgIpc) is 1.94. The molecule has 0 saturated carbocycles. The van der Waals surface area contributed by atoms with Crippen molar-refractivity contribution in [2.45, 2.75) is 25.9 Å². The molecule has 56 valence electrons. The third kappa shape index (κ3) is 1.48. The van der Waals surface area contributed by atoms with E-state index in [1.807, 2.05) is 12.2 Å². The van der Waals surface area contributed by atoms with Gasteiger partial charge in [-0.25, -0.2) is 0 Å². The number of aliphatic hydroxyl groups is 1. The summed E-state index contributed by atoms with van der Waals surface area (Å²) in [6, 6.07) is 0. The number of aliphatic hydroxyl groups excluding tert-OH is 1. The molecule has 1 heteroatoms. The number of hydrogen-bond donors (Lipinski definition) is 1. The molecular weight excluding hydrogens is 124 g/mol. The van der Waals surface area contributed by atoms with Gasteiger partial charge in [-0.05, 0) is 24.3 Å². The second-order valence-corrected chi connectivity index (χ2v) is 2.92. The minimum Gasteiger partial charge on any atom is -0.389 e. The second kappa shape index (κ2) is 3.02. The molecule has 0 spiro atoms. The summed E-state index contributed by atoms with van der Waals surface area (Å²) in [5.41, 5.74) is 1.19. The minimum atomic E-state index is -0.232. The van der Waals surface area contributed by atoms with Crippen molar-refractivity contribution in [2.24, 2.45) is 5.92 Å². The highest BCUT2D eigenvalue weighted by Gasteiger charge is 2.14. The number of allylic oxidation sites excluding steroid dienone is 2. The fourth-order valence-corrected chi connectivity index (χ4v) is 1.33. The molecule has 10 heavy (non-hydrogen) atoms. The topological polar surface area (TPSA) is 20.2 Å². The van der Waals surface area contributed by atoms with Gasteiger partial charge in [0.05, 0.1) is 6.10 Å². The van der Waals surface area contributed by atoms with Crippen molar-refractivity contribution in [1.82, 2.24) is 0 Å². The summed E-state index contributed by atoms with van der Waals surface area (Å²) in [5.74, 6) is 0.584. The summed E-state index contributed by atoms with van der Waals surface area (Å²) in [7, 11) is 0. The van der Waals surface area contributed by atoms with Crippen molar-refractivity contribution >= 4 is 0 Å². The van der Waals surface area contributed by atoms with Crippen molar-refractivity contribution in [3.8, 4) is 0 Å². The maximum Gasteiger partial charge on any atom is 0.0726 e. The molecule has 1 nitrogen and oxygen atoms in total. The molecule has 0 aromatic carbocycles. The van der Waals surface area contributed by atoms with Gasteiger partial charge in [-0.3, -0.25) is 0 Å². The molecule has 0 radical (unpaired) electrons. The highest BCUT2D eigenvalue weighted by atomic mass is 16.3. The first-order chi connectivity index (χ1) is 4.74. The van der Waals surface area contributed by atoms with E-state index in [4.69, 9.17) is 0 Å². The zero-order valence-electron chi connectivity index (χ0n) is 6.38. The van der Waals surface area contributed by atoms with Gasteiger partial charge in [-0.2, -0.15) is 0 Å². The van der Waals surface area contributed by atoms with Gasteiger partial charge in [0.1, 0.15) is 0 Å². The van der Waals surface area contributed by atoms with Gasteiger partial charge in [0.25, 0.3) is 0 Å². The first kappa shape index (κ1) is 7.55. The molecule has 0 saturated heterocycles. The lowest BCUT2D eigenvalue weighted by Gasteiger charge is -2.20. The molecule has 0 amide bonds. The van der Waals surface area contributed by atoms with E-state index in [9.17, 15) is 5.11 Å². The molecule has 1 rings (SSSR count). The molecule has 0 aromatic heterocycles. The molecule has 1 N–H and O–H groups in total. The van der Waals surface area contributed by atoms with E-state index in [0.29, 0.717) is 5.92 Å². The Morgan fingerprint density at radius 1 is 1.70 bits per heavy atom. The fourth-order valence-electron chi connectivity index (χ4n) is 1.33. The Balaban J connectivity index is 2.71. The summed E-state index contributed by atoms with van der Waals surface area (Å²) in [6.07, 6.45) is 5.50. The van der Waals surface area contributed by atoms with Crippen LogP contribution in [0.15, 0.2) is 24.3 Å². The summed E-state index contributed by atoms with van der Waals surface area (Å²) in [6.45, 7) is 5.86. The van der Waals surface area contributed by atoms with Gasteiger partial charge >= 0.3 is 0 Å². The van der Waals surface area contributed by atoms with E-state index in [0.717, 1.165) is 12.8 Å². The molecule has 1 aliphatic carbocycles. The predicted octanol–water partition coefficient (Wildman–Crippen LogP) is 1.89. The van der Waals surface area contributed by atoms with Crippen LogP contribution in [-0.2, 0) is 0 Å². The third-order valence-electron chi connectivity index (χ3n) is 2.09. The third-order valence-corrected chi connectivity index (χ3v) is 2.09. The Morgan fingerprint density at radius 2 is 2.40 bits per heavy atom. The Hall–Kier alpha value is -0.560. The second-order valence-electron chi connectivity index (χ2n) is 2.92. The maximum absolute atomic E-state index is 9.20. The molecule has 0 aromatic rings. The summed E-state index contributed by atoms with van der Waals surface area (Å²) in [5, 5.41) is 9.20. The first-order valence-corrected chi connectivity index (χ1v) is 3.76. The first-order valence-electron chi connectivity index (χ1n) is 3.76. The smallest absolute Gasteiger partial charge is 0.0726 e. The lowest BCUT2D eigenvalue weighted by atomic mass is 9.88. The van der Waals surface area contributed by atoms with Crippen LogP contribution in [0.4, 0.5) is 0 Å². The van der Waals surface area contributed by atoms with E-state index < -0.39 is 0 Å². The van der Waals surface area contributed by atoms with Gasteiger partial charge in [0.15, 0.2) is 0 Å².